The molecule has 138 valence electrons. The molecule has 23 heavy (non-hydrogen) atoms. The molecule has 0 heterocycles. The first-order valence-electron chi connectivity index (χ1n) is 8.96. The van der Waals surface area contributed by atoms with Gasteiger partial charge >= 0.3 is 5.97 Å². The summed E-state index contributed by atoms with van der Waals surface area (Å²) in [4.78, 5) is 21.5. The van der Waals surface area contributed by atoms with E-state index in [1.807, 2.05) is 0 Å². The number of hydrogen-bond acceptors (Lipinski definition) is 4. The zero-order valence-corrected chi connectivity index (χ0v) is 15.3. The zero-order valence-electron chi connectivity index (χ0n) is 15.3. The van der Waals surface area contributed by atoms with Gasteiger partial charge in [0, 0.05) is 5.97 Å². The van der Waals surface area contributed by atoms with Gasteiger partial charge in [0.25, 0.3) is 0 Å². The minimum Gasteiger partial charge on any atom is -0.550 e. The molecule has 0 amide bonds. The molecule has 0 aromatic heterocycles. The minimum absolute atomic E-state index is 0.111. The Kier molecular flexibility index (Phi) is 19.9. The molecule has 0 aromatic carbocycles. The highest BCUT2D eigenvalue weighted by Gasteiger charge is 1.95. The van der Waals surface area contributed by atoms with E-state index in [1.54, 1.807) is 19.0 Å². The number of rotatable bonds is 14. The Labute approximate surface area is 142 Å². The van der Waals surface area contributed by atoms with Gasteiger partial charge in [-0.15, -0.1) is 0 Å². The van der Waals surface area contributed by atoms with E-state index in [1.165, 1.54) is 57.8 Å². The molecule has 5 heteroatoms. The molecule has 0 bridgehead atoms. The van der Waals surface area contributed by atoms with Crippen LogP contribution in [0.3, 0.4) is 0 Å². The van der Waals surface area contributed by atoms with Crippen molar-refractivity contribution in [1.82, 2.24) is 4.90 Å². The van der Waals surface area contributed by atoms with Gasteiger partial charge in [0.1, 0.15) is 0 Å². The van der Waals surface area contributed by atoms with Crippen LogP contribution in [0.25, 0.3) is 0 Å². The summed E-state index contributed by atoms with van der Waals surface area (Å²) in [6.45, 7) is 2.35. The second kappa shape index (κ2) is 18.9. The first-order chi connectivity index (χ1) is 10.9. The molecule has 0 aliphatic carbocycles. The number of likely N-dealkylation sites (N-methyl/N-ethyl adjacent to an activating group) is 1. The fraction of sp³-hybridized carbons (Fsp3) is 0.889. The van der Waals surface area contributed by atoms with Crippen molar-refractivity contribution in [3.63, 3.8) is 0 Å². The maximum absolute atomic E-state index is 10.1. The van der Waals surface area contributed by atoms with Crippen molar-refractivity contribution >= 4 is 11.9 Å². The first-order valence-corrected chi connectivity index (χ1v) is 8.96. The number of carboxylic acids is 2. The normalized spacial score (nSPS) is 10.3. The Morgan fingerprint density at radius 2 is 1.22 bits per heavy atom. The first kappa shape index (κ1) is 24.2. The molecule has 5 nitrogen and oxygen atoms in total. The maximum atomic E-state index is 10.1. The third kappa shape index (κ3) is 29.5. The van der Waals surface area contributed by atoms with E-state index in [0.29, 0.717) is 0 Å². The van der Waals surface area contributed by atoms with Gasteiger partial charge in [-0.1, -0.05) is 71.1 Å². The van der Waals surface area contributed by atoms with E-state index in [4.69, 9.17) is 5.11 Å². The lowest BCUT2D eigenvalue weighted by atomic mass is 10.1. The lowest BCUT2D eigenvalue weighted by Gasteiger charge is -2.03. The number of nitrogens with zero attached hydrogens (tertiary/aromatic N) is 1. The fourth-order valence-corrected chi connectivity index (χ4v) is 2.20. The Bertz CT molecular complexity index is 280. The van der Waals surface area contributed by atoms with Crippen LogP contribution in [0.15, 0.2) is 0 Å². The largest absolute Gasteiger partial charge is 0.550 e. The Morgan fingerprint density at radius 1 is 0.826 bits per heavy atom. The van der Waals surface area contributed by atoms with Crippen molar-refractivity contribution in [1.29, 1.82) is 0 Å². The highest BCUT2D eigenvalue weighted by atomic mass is 16.4. The van der Waals surface area contributed by atoms with E-state index < -0.39 is 11.9 Å². The van der Waals surface area contributed by atoms with Gasteiger partial charge in [0.05, 0.1) is 6.54 Å². The van der Waals surface area contributed by atoms with E-state index >= 15 is 0 Å². The van der Waals surface area contributed by atoms with Crippen LogP contribution < -0.4 is 5.11 Å². The van der Waals surface area contributed by atoms with Gasteiger partial charge in [-0.3, -0.25) is 9.69 Å². The van der Waals surface area contributed by atoms with Crippen LogP contribution in [-0.4, -0.2) is 42.6 Å². The van der Waals surface area contributed by atoms with Crippen LogP contribution in [0.5, 0.6) is 0 Å². The molecule has 0 rings (SSSR count). The van der Waals surface area contributed by atoms with Gasteiger partial charge in [-0.2, -0.15) is 0 Å². The fourth-order valence-electron chi connectivity index (χ4n) is 2.20. The number of carbonyl (C=O) groups is 2. The van der Waals surface area contributed by atoms with E-state index in [2.05, 4.69) is 6.92 Å². The summed E-state index contributed by atoms with van der Waals surface area (Å²) in [5.41, 5.74) is 0. The smallest absolute Gasteiger partial charge is 0.317 e. The molecule has 0 atom stereocenters. The standard InChI is InChI=1S/C14H28O2.C4H9NO2/c1-2-3-4-5-6-7-8-9-10-11-12-13-14(15)16;1-5(2)3-4(6)7/h2-13H2,1H3,(H,15,16);3H2,1-2H3,(H,6,7)/p-1. The predicted molar refractivity (Wildman–Crippen MR) is 92.3 cm³/mol. The second-order valence-electron chi connectivity index (χ2n) is 6.29. The van der Waals surface area contributed by atoms with Gasteiger partial charge < -0.3 is 15.0 Å². The molecule has 1 N–H and O–H groups in total. The molecule has 0 saturated carbocycles. The Morgan fingerprint density at radius 3 is 1.48 bits per heavy atom. The molecule has 0 aliphatic rings. The third-order valence-electron chi connectivity index (χ3n) is 3.44. The molecule has 0 spiro atoms. The average Bonchev–Trinajstić information content (AvgIpc) is 2.43. The van der Waals surface area contributed by atoms with Crippen molar-refractivity contribution in [2.75, 3.05) is 20.6 Å². The van der Waals surface area contributed by atoms with Gasteiger partial charge in [-0.05, 0) is 26.9 Å². The van der Waals surface area contributed by atoms with Gasteiger partial charge in [-0.25, -0.2) is 0 Å². The Hall–Kier alpha value is -1.10. The molecule has 0 fully saturated rings. The van der Waals surface area contributed by atoms with E-state index in [-0.39, 0.29) is 13.0 Å². The van der Waals surface area contributed by atoms with Crippen molar-refractivity contribution in [2.45, 2.75) is 84.0 Å². The number of unbranched alkanes of at least 4 members (excludes halogenated alkanes) is 10. The van der Waals surface area contributed by atoms with Crippen LogP contribution in [0.4, 0.5) is 0 Å². The summed E-state index contributed by atoms with van der Waals surface area (Å²) < 4.78 is 0. The van der Waals surface area contributed by atoms with E-state index in [0.717, 1.165) is 12.8 Å². The molecular formula is C18H36NO4-. The molecular weight excluding hydrogens is 294 g/mol. The predicted octanol–water partition coefficient (Wildman–Crippen LogP) is 3.07. The van der Waals surface area contributed by atoms with Crippen molar-refractivity contribution in [3.8, 4) is 0 Å². The van der Waals surface area contributed by atoms with Crippen LogP contribution in [-0.2, 0) is 9.59 Å². The topological polar surface area (TPSA) is 80.7 Å². The summed E-state index contributed by atoms with van der Waals surface area (Å²) >= 11 is 0. The SMILES string of the molecule is CCCCCCCCCCCCCC(=O)[O-].CN(C)CC(=O)O. The molecule has 0 saturated heterocycles. The van der Waals surface area contributed by atoms with Crippen LogP contribution in [0.2, 0.25) is 0 Å². The quantitative estimate of drug-likeness (QED) is 0.495. The summed E-state index contributed by atoms with van der Waals surface area (Å²) in [7, 11) is 3.43. The number of carboxylic acid groups (broad SMARTS) is 2. The van der Waals surface area contributed by atoms with Crippen LogP contribution in [0.1, 0.15) is 84.0 Å². The minimum atomic E-state index is -0.907. The molecule has 0 aromatic rings. The summed E-state index contributed by atoms with van der Waals surface area (Å²) in [6.07, 6.45) is 14.0. The van der Waals surface area contributed by atoms with Crippen molar-refractivity contribution < 1.29 is 19.8 Å². The highest BCUT2D eigenvalue weighted by molar-refractivity contribution is 5.68. The monoisotopic (exact) mass is 330 g/mol. The number of hydrogen-bond donors (Lipinski definition) is 1. The summed E-state index contributed by atoms with van der Waals surface area (Å²) in [5.74, 6) is -1.69. The van der Waals surface area contributed by atoms with E-state index in [9.17, 15) is 14.7 Å². The highest BCUT2D eigenvalue weighted by Crippen LogP contribution is 2.11. The number of carbonyl (C=O) groups excluding carboxylic acids is 1. The molecule has 0 aliphatic heterocycles. The van der Waals surface area contributed by atoms with Crippen LogP contribution >= 0.6 is 0 Å². The summed E-state index contributed by atoms with van der Waals surface area (Å²) in [5, 5.41) is 18.2. The van der Waals surface area contributed by atoms with Crippen LogP contribution in [0, 0.1) is 0 Å². The summed E-state index contributed by atoms with van der Waals surface area (Å²) in [6, 6.07) is 0. The average molecular weight is 330 g/mol. The molecule has 0 unspecified atom stereocenters. The van der Waals surface area contributed by atoms with Gasteiger partial charge in [0.2, 0.25) is 0 Å². The van der Waals surface area contributed by atoms with Crippen molar-refractivity contribution in [3.05, 3.63) is 0 Å². The number of aliphatic carboxylic acids is 2. The lowest BCUT2D eigenvalue weighted by molar-refractivity contribution is -0.305. The lowest BCUT2D eigenvalue weighted by Crippen LogP contribution is -2.21. The molecule has 0 radical (unpaired) electrons. The maximum Gasteiger partial charge on any atom is 0.317 e. The second-order valence-corrected chi connectivity index (χ2v) is 6.29. The Balaban J connectivity index is 0. The van der Waals surface area contributed by atoms with Gasteiger partial charge in [0.15, 0.2) is 0 Å². The zero-order chi connectivity index (χ0) is 17.9. The third-order valence-corrected chi connectivity index (χ3v) is 3.44. The van der Waals surface area contributed by atoms with Crippen molar-refractivity contribution in [2.24, 2.45) is 0 Å².